The number of rotatable bonds is 5. The average Bonchev–Trinajstić information content (AvgIpc) is 3.00. The second-order valence-electron chi connectivity index (χ2n) is 5.05. The molecule has 19 heavy (non-hydrogen) atoms. The Kier molecular flexibility index (Phi) is 4.57. The molecule has 106 valence electrons. The zero-order valence-electron chi connectivity index (χ0n) is 11.3. The van der Waals surface area contributed by atoms with Crippen LogP contribution in [0.3, 0.4) is 0 Å². The zero-order chi connectivity index (χ0) is 13.8. The predicted octanol–water partition coefficient (Wildman–Crippen LogP) is -0.0278. The molecule has 1 aliphatic heterocycles. The van der Waals surface area contributed by atoms with Gasteiger partial charge in [-0.2, -0.15) is 0 Å². The number of ether oxygens (including phenoxy) is 1. The highest BCUT2D eigenvalue weighted by molar-refractivity contribution is 5.79. The van der Waals surface area contributed by atoms with Crippen molar-refractivity contribution in [2.24, 2.45) is 11.7 Å². The van der Waals surface area contributed by atoms with Crippen LogP contribution in [0.15, 0.2) is 22.8 Å². The Labute approximate surface area is 112 Å². The third kappa shape index (κ3) is 3.34. The molecule has 1 aromatic rings. The quantitative estimate of drug-likeness (QED) is 0.783. The number of hydrogen-bond donors (Lipinski definition) is 2. The van der Waals surface area contributed by atoms with Crippen molar-refractivity contribution in [3.8, 4) is 0 Å². The van der Waals surface area contributed by atoms with Gasteiger partial charge in [-0.05, 0) is 26.2 Å². The Morgan fingerprint density at radius 2 is 2.37 bits per heavy atom. The van der Waals surface area contributed by atoms with E-state index in [0.29, 0.717) is 19.8 Å². The summed E-state index contributed by atoms with van der Waals surface area (Å²) in [5, 5.41) is 2.92. The first-order valence-corrected chi connectivity index (χ1v) is 6.40. The molecule has 1 fully saturated rings. The molecule has 0 aromatic carbocycles. The highest BCUT2D eigenvalue weighted by Crippen LogP contribution is 2.18. The van der Waals surface area contributed by atoms with E-state index in [2.05, 4.69) is 5.32 Å². The van der Waals surface area contributed by atoms with Gasteiger partial charge in [0.2, 0.25) is 5.91 Å². The lowest BCUT2D eigenvalue weighted by molar-refractivity contribution is -0.125. The van der Waals surface area contributed by atoms with Gasteiger partial charge in [0.1, 0.15) is 5.76 Å². The van der Waals surface area contributed by atoms with Crippen molar-refractivity contribution < 1.29 is 13.9 Å². The second kappa shape index (κ2) is 6.18. The van der Waals surface area contributed by atoms with E-state index in [1.54, 1.807) is 6.26 Å². The molecular formula is C13H21N3O3. The molecule has 1 aromatic heterocycles. The van der Waals surface area contributed by atoms with Crippen molar-refractivity contribution in [1.29, 1.82) is 0 Å². The normalized spacial score (nSPS) is 24.6. The van der Waals surface area contributed by atoms with Gasteiger partial charge in [-0.1, -0.05) is 0 Å². The van der Waals surface area contributed by atoms with Gasteiger partial charge < -0.3 is 20.2 Å². The predicted molar refractivity (Wildman–Crippen MR) is 70.4 cm³/mol. The lowest BCUT2D eigenvalue weighted by Gasteiger charge is -2.23. The number of amides is 1. The lowest BCUT2D eigenvalue weighted by Crippen LogP contribution is -2.43. The SMILES string of the molecule is CN(C)C(CNC(=O)C1COCC1N)c1ccco1. The van der Waals surface area contributed by atoms with E-state index in [0.717, 1.165) is 5.76 Å². The third-order valence-electron chi connectivity index (χ3n) is 3.43. The van der Waals surface area contributed by atoms with E-state index in [1.807, 2.05) is 31.1 Å². The smallest absolute Gasteiger partial charge is 0.227 e. The Morgan fingerprint density at radius 1 is 1.58 bits per heavy atom. The number of carbonyl (C=O) groups is 1. The van der Waals surface area contributed by atoms with Crippen LogP contribution in [0.5, 0.6) is 0 Å². The lowest BCUT2D eigenvalue weighted by atomic mass is 10.0. The van der Waals surface area contributed by atoms with Gasteiger partial charge in [0.15, 0.2) is 0 Å². The van der Waals surface area contributed by atoms with E-state index in [1.165, 1.54) is 0 Å². The van der Waals surface area contributed by atoms with Crippen LogP contribution in [0, 0.1) is 5.92 Å². The van der Waals surface area contributed by atoms with E-state index < -0.39 is 0 Å². The highest BCUT2D eigenvalue weighted by atomic mass is 16.5. The summed E-state index contributed by atoms with van der Waals surface area (Å²) in [5.41, 5.74) is 5.83. The molecule has 0 spiro atoms. The Bertz CT molecular complexity index is 405. The van der Waals surface area contributed by atoms with Crippen LogP contribution in [0.25, 0.3) is 0 Å². The van der Waals surface area contributed by atoms with Crippen molar-refractivity contribution in [2.75, 3.05) is 33.9 Å². The molecule has 3 N–H and O–H groups in total. The Morgan fingerprint density at radius 3 is 2.89 bits per heavy atom. The van der Waals surface area contributed by atoms with Gasteiger partial charge in [0, 0.05) is 12.6 Å². The molecule has 0 saturated carbocycles. The minimum atomic E-state index is -0.251. The van der Waals surface area contributed by atoms with Gasteiger partial charge in [-0.25, -0.2) is 0 Å². The van der Waals surface area contributed by atoms with Crippen LogP contribution in [-0.4, -0.2) is 50.7 Å². The number of likely N-dealkylation sites (N-methyl/N-ethyl adjacent to an activating group) is 1. The fourth-order valence-corrected chi connectivity index (χ4v) is 2.19. The molecule has 0 aliphatic carbocycles. The first kappa shape index (κ1) is 14.0. The molecule has 1 saturated heterocycles. The highest BCUT2D eigenvalue weighted by Gasteiger charge is 2.31. The van der Waals surface area contributed by atoms with Crippen molar-refractivity contribution in [2.45, 2.75) is 12.1 Å². The van der Waals surface area contributed by atoms with Crippen LogP contribution in [-0.2, 0) is 9.53 Å². The average molecular weight is 267 g/mol. The van der Waals surface area contributed by atoms with Crippen molar-refractivity contribution >= 4 is 5.91 Å². The van der Waals surface area contributed by atoms with Gasteiger partial charge in [0.05, 0.1) is 31.4 Å². The molecule has 0 radical (unpaired) electrons. The maximum Gasteiger partial charge on any atom is 0.227 e. The summed E-state index contributed by atoms with van der Waals surface area (Å²) < 4.78 is 10.6. The standard InChI is InChI=1S/C13H21N3O3/c1-16(2)11(12-4-3-5-19-12)6-15-13(17)9-7-18-8-10(9)14/h3-5,9-11H,6-8,14H2,1-2H3,(H,15,17). The molecule has 2 rings (SSSR count). The molecular weight excluding hydrogens is 246 g/mol. The summed E-state index contributed by atoms with van der Waals surface area (Å²) >= 11 is 0. The van der Waals surface area contributed by atoms with E-state index in [4.69, 9.17) is 14.9 Å². The number of carbonyl (C=O) groups excluding carboxylic acids is 1. The van der Waals surface area contributed by atoms with Crippen molar-refractivity contribution in [1.82, 2.24) is 10.2 Å². The summed E-state index contributed by atoms with van der Waals surface area (Å²) in [5.74, 6) is 0.528. The fraction of sp³-hybridized carbons (Fsp3) is 0.615. The molecule has 2 heterocycles. The van der Waals surface area contributed by atoms with E-state index in [-0.39, 0.29) is 23.9 Å². The number of nitrogens with two attached hydrogens (primary N) is 1. The Balaban J connectivity index is 1.90. The monoisotopic (exact) mass is 267 g/mol. The van der Waals surface area contributed by atoms with Gasteiger partial charge in [-0.3, -0.25) is 9.69 Å². The first-order chi connectivity index (χ1) is 9.09. The largest absolute Gasteiger partial charge is 0.468 e. The Hall–Kier alpha value is -1.37. The van der Waals surface area contributed by atoms with Crippen LogP contribution in [0.2, 0.25) is 0 Å². The zero-order valence-corrected chi connectivity index (χ0v) is 11.3. The summed E-state index contributed by atoms with van der Waals surface area (Å²) in [6, 6.07) is 3.55. The second-order valence-corrected chi connectivity index (χ2v) is 5.05. The molecule has 6 heteroatoms. The first-order valence-electron chi connectivity index (χ1n) is 6.40. The van der Waals surface area contributed by atoms with E-state index in [9.17, 15) is 4.79 Å². The molecule has 3 atom stereocenters. The van der Waals surface area contributed by atoms with Gasteiger partial charge in [0.25, 0.3) is 0 Å². The molecule has 6 nitrogen and oxygen atoms in total. The fourth-order valence-electron chi connectivity index (χ4n) is 2.19. The maximum absolute atomic E-state index is 12.0. The molecule has 1 amide bonds. The minimum absolute atomic E-state index is 0.0116. The number of nitrogens with one attached hydrogen (secondary N) is 1. The van der Waals surface area contributed by atoms with Crippen LogP contribution >= 0.6 is 0 Å². The minimum Gasteiger partial charge on any atom is -0.468 e. The summed E-state index contributed by atoms with van der Waals surface area (Å²) in [4.78, 5) is 14.0. The summed E-state index contributed by atoms with van der Waals surface area (Å²) in [6.45, 7) is 1.34. The van der Waals surface area contributed by atoms with Crippen LogP contribution in [0.4, 0.5) is 0 Å². The van der Waals surface area contributed by atoms with Gasteiger partial charge in [-0.15, -0.1) is 0 Å². The molecule has 1 aliphatic rings. The topological polar surface area (TPSA) is 80.7 Å². The molecule has 0 bridgehead atoms. The number of nitrogens with zero attached hydrogens (tertiary/aromatic N) is 1. The van der Waals surface area contributed by atoms with Gasteiger partial charge >= 0.3 is 0 Å². The van der Waals surface area contributed by atoms with Crippen molar-refractivity contribution in [3.05, 3.63) is 24.2 Å². The maximum atomic E-state index is 12.0. The summed E-state index contributed by atoms with van der Waals surface area (Å²) in [7, 11) is 3.90. The van der Waals surface area contributed by atoms with Crippen LogP contribution < -0.4 is 11.1 Å². The van der Waals surface area contributed by atoms with Crippen molar-refractivity contribution in [3.63, 3.8) is 0 Å². The third-order valence-corrected chi connectivity index (χ3v) is 3.43. The van der Waals surface area contributed by atoms with E-state index >= 15 is 0 Å². The number of furan rings is 1. The number of hydrogen-bond acceptors (Lipinski definition) is 5. The molecule has 3 unspecified atom stereocenters. The summed E-state index contributed by atoms with van der Waals surface area (Å²) in [6.07, 6.45) is 1.63. The van der Waals surface area contributed by atoms with Crippen LogP contribution in [0.1, 0.15) is 11.8 Å².